The number of anilines is 1. The van der Waals surface area contributed by atoms with Crippen molar-refractivity contribution < 1.29 is 23.9 Å². The van der Waals surface area contributed by atoms with Gasteiger partial charge < -0.3 is 14.8 Å². The normalized spacial score (nSPS) is 10.0. The molecule has 0 saturated heterocycles. The summed E-state index contributed by atoms with van der Waals surface area (Å²) < 4.78 is 9.57. The maximum Gasteiger partial charge on any atom is 0.338 e. The molecular weight excluding hydrogens is 322 g/mol. The number of aryl methyl sites for hydroxylation is 1. The fourth-order valence-corrected chi connectivity index (χ4v) is 2.13. The molecule has 0 aliphatic rings. The summed E-state index contributed by atoms with van der Waals surface area (Å²) in [7, 11) is 1.25. The highest BCUT2D eigenvalue weighted by atomic mass is 16.5. The van der Waals surface area contributed by atoms with Crippen LogP contribution in [-0.4, -0.2) is 31.6 Å². The molecule has 1 amide bonds. The molecule has 2 rings (SSSR count). The molecule has 0 atom stereocenters. The number of carbonyl (C=O) groups is 3. The third-order valence-corrected chi connectivity index (χ3v) is 3.50. The van der Waals surface area contributed by atoms with Gasteiger partial charge in [0.15, 0.2) is 6.61 Å². The molecule has 0 saturated carbocycles. The lowest BCUT2D eigenvalue weighted by molar-refractivity contribution is -0.119. The Morgan fingerprint density at radius 2 is 1.60 bits per heavy atom. The number of rotatable bonds is 6. The SMILES string of the molecule is CCc1ccc(NC(=O)COC(=O)c2cccc(C(=O)OC)c2)cc1. The Balaban J connectivity index is 1.90. The Morgan fingerprint density at radius 3 is 2.20 bits per heavy atom. The molecule has 6 nitrogen and oxygen atoms in total. The zero-order valence-electron chi connectivity index (χ0n) is 14.1. The van der Waals surface area contributed by atoms with Crippen molar-refractivity contribution in [2.24, 2.45) is 0 Å². The highest BCUT2D eigenvalue weighted by Crippen LogP contribution is 2.11. The summed E-state index contributed by atoms with van der Waals surface area (Å²) in [5.41, 5.74) is 2.20. The van der Waals surface area contributed by atoms with E-state index in [2.05, 4.69) is 10.1 Å². The fraction of sp³-hybridized carbons (Fsp3) is 0.211. The van der Waals surface area contributed by atoms with E-state index in [1.165, 1.54) is 31.4 Å². The van der Waals surface area contributed by atoms with Crippen LogP contribution < -0.4 is 5.32 Å². The maximum atomic E-state index is 12.0. The van der Waals surface area contributed by atoms with Crippen LogP contribution >= 0.6 is 0 Å². The molecule has 0 bridgehead atoms. The summed E-state index contributed by atoms with van der Waals surface area (Å²) in [6, 6.07) is 13.3. The predicted octanol–water partition coefficient (Wildman–Crippen LogP) is 2.83. The number of hydrogen-bond donors (Lipinski definition) is 1. The van der Waals surface area contributed by atoms with Crippen LogP contribution in [-0.2, 0) is 20.7 Å². The van der Waals surface area contributed by atoms with Gasteiger partial charge in [-0.25, -0.2) is 9.59 Å². The van der Waals surface area contributed by atoms with E-state index in [1.807, 2.05) is 19.1 Å². The topological polar surface area (TPSA) is 81.7 Å². The maximum absolute atomic E-state index is 12.0. The zero-order valence-corrected chi connectivity index (χ0v) is 14.1. The first kappa shape index (κ1) is 18.2. The molecule has 25 heavy (non-hydrogen) atoms. The molecule has 0 fully saturated rings. The molecule has 130 valence electrons. The summed E-state index contributed by atoms with van der Waals surface area (Å²) in [5.74, 6) is -1.69. The van der Waals surface area contributed by atoms with E-state index >= 15 is 0 Å². The van der Waals surface area contributed by atoms with Crippen LogP contribution in [0.3, 0.4) is 0 Å². The molecule has 0 aliphatic carbocycles. The number of ether oxygens (including phenoxy) is 2. The predicted molar refractivity (Wildman–Crippen MR) is 92.5 cm³/mol. The standard InChI is InChI=1S/C19H19NO5/c1-3-13-7-9-16(10-8-13)20-17(21)12-25-19(23)15-6-4-5-14(11-15)18(22)24-2/h4-11H,3,12H2,1-2H3,(H,20,21). The zero-order chi connectivity index (χ0) is 18.2. The van der Waals surface area contributed by atoms with E-state index < -0.39 is 24.5 Å². The molecular formula is C19H19NO5. The molecule has 0 aromatic heterocycles. The first-order chi connectivity index (χ1) is 12.0. The van der Waals surface area contributed by atoms with E-state index in [0.717, 1.165) is 12.0 Å². The van der Waals surface area contributed by atoms with Gasteiger partial charge in [0.05, 0.1) is 18.2 Å². The van der Waals surface area contributed by atoms with Crippen LogP contribution in [0.1, 0.15) is 33.2 Å². The fourth-order valence-electron chi connectivity index (χ4n) is 2.13. The number of methoxy groups -OCH3 is 1. The summed E-state index contributed by atoms with van der Waals surface area (Å²) >= 11 is 0. The molecule has 0 heterocycles. The van der Waals surface area contributed by atoms with E-state index in [9.17, 15) is 14.4 Å². The molecule has 0 unspecified atom stereocenters. The molecule has 0 spiro atoms. The van der Waals surface area contributed by atoms with Gasteiger partial charge in [-0.1, -0.05) is 25.1 Å². The van der Waals surface area contributed by atoms with Gasteiger partial charge in [0.1, 0.15) is 0 Å². The Bertz CT molecular complexity index is 768. The van der Waals surface area contributed by atoms with Crippen molar-refractivity contribution >= 4 is 23.5 Å². The Hall–Kier alpha value is -3.15. The Morgan fingerprint density at radius 1 is 0.960 bits per heavy atom. The van der Waals surface area contributed by atoms with Gasteiger partial charge in [-0.15, -0.1) is 0 Å². The molecule has 2 aromatic rings. The molecule has 6 heteroatoms. The first-order valence-corrected chi connectivity index (χ1v) is 7.77. The number of amides is 1. The van der Waals surface area contributed by atoms with E-state index in [4.69, 9.17) is 4.74 Å². The highest BCUT2D eigenvalue weighted by molar-refractivity contribution is 5.97. The quantitative estimate of drug-likeness (QED) is 0.817. The smallest absolute Gasteiger partial charge is 0.338 e. The van der Waals surface area contributed by atoms with Gasteiger partial charge in [0.25, 0.3) is 5.91 Å². The second kappa shape index (κ2) is 8.63. The monoisotopic (exact) mass is 341 g/mol. The second-order valence-electron chi connectivity index (χ2n) is 5.25. The van der Waals surface area contributed by atoms with Crippen LogP contribution in [0.5, 0.6) is 0 Å². The number of hydrogen-bond acceptors (Lipinski definition) is 5. The van der Waals surface area contributed by atoms with Gasteiger partial charge >= 0.3 is 11.9 Å². The highest BCUT2D eigenvalue weighted by Gasteiger charge is 2.13. The van der Waals surface area contributed by atoms with Crippen molar-refractivity contribution in [2.75, 3.05) is 19.0 Å². The number of nitrogens with one attached hydrogen (secondary N) is 1. The van der Waals surface area contributed by atoms with Crippen molar-refractivity contribution in [1.82, 2.24) is 0 Å². The van der Waals surface area contributed by atoms with Gasteiger partial charge in [-0.05, 0) is 42.3 Å². The summed E-state index contributed by atoms with van der Waals surface area (Å²) in [6.45, 7) is 1.62. The first-order valence-electron chi connectivity index (χ1n) is 7.77. The van der Waals surface area contributed by atoms with Crippen molar-refractivity contribution in [1.29, 1.82) is 0 Å². The summed E-state index contributed by atoms with van der Waals surface area (Å²) in [5, 5.41) is 2.65. The number of esters is 2. The lowest BCUT2D eigenvalue weighted by Gasteiger charge is -2.08. The van der Waals surface area contributed by atoms with E-state index in [1.54, 1.807) is 12.1 Å². The molecule has 0 radical (unpaired) electrons. The summed E-state index contributed by atoms with van der Waals surface area (Å²) in [4.78, 5) is 35.3. The van der Waals surface area contributed by atoms with E-state index in [0.29, 0.717) is 5.69 Å². The van der Waals surface area contributed by atoms with Crippen LogP contribution in [0.4, 0.5) is 5.69 Å². The molecule has 2 aromatic carbocycles. The van der Waals surface area contributed by atoms with E-state index in [-0.39, 0.29) is 11.1 Å². The Kier molecular flexibility index (Phi) is 6.28. The lowest BCUT2D eigenvalue weighted by Crippen LogP contribution is -2.21. The van der Waals surface area contributed by atoms with Crippen molar-refractivity contribution in [3.63, 3.8) is 0 Å². The second-order valence-corrected chi connectivity index (χ2v) is 5.25. The van der Waals surface area contributed by atoms with Gasteiger partial charge in [-0.3, -0.25) is 4.79 Å². The summed E-state index contributed by atoms with van der Waals surface area (Å²) in [6.07, 6.45) is 0.913. The van der Waals surface area contributed by atoms with Crippen LogP contribution in [0.2, 0.25) is 0 Å². The van der Waals surface area contributed by atoms with Crippen LogP contribution in [0.25, 0.3) is 0 Å². The minimum atomic E-state index is -0.692. The minimum Gasteiger partial charge on any atom is -0.465 e. The van der Waals surface area contributed by atoms with Crippen molar-refractivity contribution in [3.05, 3.63) is 65.2 Å². The average molecular weight is 341 g/mol. The van der Waals surface area contributed by atoms with Crippen molar-refractivity contribution in [3.8, 4) is 0 Å². The molecule has 1 N–H and O–H groups in total. The van der Waals surface area contributed by atoms with Gasteiger partial charge in [0.2, 0.25) is 0 Å². The third kappa shape index (κ3) is 5.17. The Labute approximate surface area is 145 Å². The largest absolute Gasteiger partial charge is 0.465 e. The van der Waals surface area contributed by atoms with Crippen molar-refractivity contribution in [2.45, 2.75) is 13.3 Å². The lowest BCUT2D eigenvalue weighted by atomic mass is 10.1. The average Bonchev–Trinajstić information content (AvgIpc) is 2.66. The van der Waals surface area contributed by atoms with Crippen LogP contribution in [0.15, 0.2) is 48.5 Å². The number of carbonyl (C=O) groups excluding carboxylic acids is 3. The minimum absolute atomic E-state index is 0.169. The van der Waals surface area contributed by atoms with Crippen LogP contribution in [0, 0.1) is 0 Å². The molecule has 0 aliphatic heterocycles. The van der Waals surface area contributed by atoms with Gasteiger partial charge in [0, 0.05) is 5.69 Å². The number of benzene rings is 2. The van der Waals surface area contributed by atoms with Gasteiger partial charge in [-0.2, -0.15) is 0 Å². The third-order valence-electron chi connectivity index (χ3n) is 3.50.